The molecule has 0 saturated carbocycles. The summed E-state index contributed by atoms with van der Waals surface area (Å²) < 4.78 is 36.0. The van der Waals surface area contributed by atoms with E-state index in [4.69, 9.17) is 4.74 Å². The largest absolute Gasteiger partial charge is 0.497 e. The maximum absolute atomic E-state index is 14.7. The predicted octanol–water partition coefficient (Wildman–Crippen LogP) is 2.42. The van der Waals surface area contributed by atoms with Gasteiger partial charge in [-0.15, -0.1) is 0 Å². The lowest BCUT2D eigenvalue weighted by molar-refractivity contribution is -0.0343. The molecule has 0 radical (unpaired) electrons. The first-order valence-corrected chi connectivity index (χ1v) is 9.38. The van der Waals surface area contributed by atoms with Crippen molar-refractivity contribution in [2.24, 2.45) is 0 Å². The molecule has 0 bridgehead atoms. The molecule has 2 aromatic carbocycles. The fourth-order valence-corrected chi connectivity index (χ4v) is 3.59. The molecule has 4 rings (SSSR count). The number of aromatic nitrogens is 5. The molecular formula is C21H19F2N5O3. The van der Waals surface area contributed by atoms with E-state index in [2.05, 4.69) is 15.1 Å². The summed E-state index contributed by atoms with van der Waals surface area (Å²) in [4.78, 5) is 21.4. The zero-order valence-electron chi connectivity index (χ0n) is 16.7. The Morgan fingerprint density at radius 2 is 2.00 bits per heavy atom. The topological polar surface area (TPSA) is 95.1 Å². The maximum Gasteiger partial charge on any atom is 0.261 e. The van der Waals surface area contributed by atoms with Crippen molar-refractivity contribution in [1.29, 1.82) is 0 Å². The van der Waals surface area contributed by atoms with Crippen molar-refractivity contribution in [2.75, 3.05) is 7.11 Å². The van der Waals surface area contributed by atoms with E-state index >= 15 is 0 Å². The van der Waals surface area contributed by atoms with Crippen molar-refractivity contribution in [3.63, 3.8) is 0 Å². The van der Waals surface area contributed by atoms with Crippen LogP contribution in [0.2, 0.25) is 0 Å². The van der Waals surface area contributed by atoms with Gasteiger partial charge in [-0.05, 0) is 31.2 Å². The highest BCUT2D eigenvalue weighted by Crippen LogP contribution is 2.36. The van der Waals surface area contributed by atoms with Gasteiger partial charge in [-0.2, -0.15) is 5.10 Å². The molecule has 10 heteroatoms. The van der Waals surface area contributed by atoms with Crippen LogP contribution < -0.4 is 10.3 Å². The third kappa shape index (κ3) is 3.66. The zero-order valence-corrected chi connectivity index (χ0v) is 16.7. The van der Waals surface area contributed by atoms with Crippen LogP contribution in [0.15, 0.2) is 60.2 Å². The Morgan fingerprint density at radius 3 is 2.68 bits per heavy atom. The molecule has 0 fully saturated rings. The minimum absolute atomic E-state index is 0.186. The summed E-state index contributed by atoms with van der Waals surface area (Å²) in [5.41, 5.74) is -2.17. The highest BCUT2D eigenvalue weighted by Gasteiger charge is 2.41. The lowest BCUT2D eigenvalue weighted by Gasteiger charge is -2.35. The van der Waals surface area contributed by atoms with Crippen molar-refractivity contribution in [2.45, 2.75) is 25.1 Å². The van der Waals surface area contributed by atoms with E-state index in [1.807, 2.05) is 0 Å². The molecule has 2 unspecified atom stereocenters. The number of methoxy groups -OCH3 is 1. The second kappa shape index (κ2) is 7.88. The molecule has 31 heavy (non-hydrogen) atoms. The van der Waals surface area contributed by atoms with E-state index in [-0.39, 0.29) is 17.5 Å². The van der Waals surface area contributed by atoms with Gasteiger partial charge in [-0.3, -0.25) is 9.36 Å². The highest BCUT2D eigenvalue weighted by atomic mass is 19.1. The van der Waals surface area contributed by atoms with Crippen LogP contribution in [0.1, 0.15) is 18.5 Å². The van der Waals surface area contributed by atoms with Crippen molar-refractivity contribution < 1.29 is 18.6 Å². The quantitative estimate of drug-likeness (QED) is 0.508. The number of hydrogen-bond acceptors (Lipinski definition) is 6. The smallest absolute Gasteiger partial charge is 0.261 e. The second-order valence-corrected chi connectivity index (χ2v) is 7.16. The number of benzene rings is 2. The third-order valence-corrected chi connectivity index (χ3v) is 5.37. The Bertz CT molecular complexity index is 1290. The first kappa shape index (κ1) is 20.6. The number of rotatable bonds is 6. The molecule has 4 aromatic rings. The van der Waals surface area contributed by atoms with Crippen molar-refractivity contribution in [3.8, 4) is 5.75 Å². The molecule has 0 aliphatic rings. The first-order valence-electron chi connectivity index (χ1n) is 9.38. The lowest BCUT2D eigenvalue weighted by Crippen LogP contribution is -2.43. The van der Waals surface area contributed by atoms with Gasteiger partial charge < -0.3 is 9.84 Å². The summed E-state index contributed by atoms with van der Waals surface area (Å²) in [5, 5.41) is 15.9. The zero-order chi connectivity index (χ0) is 22.2. The Hall–Kier alpha value is -3.66. The molecule has 1 N–H and O–H groups in total. The van der Waals surface area contributed by atoms with E-state index in [0.29, 0.717) is 17.3 Å². The standard InChI is InChI=1S/C21H19F2N5O3/c1-13(28-12-25-19-6-4-15(31-2)8-16(19)20(28)29)21(30,9-27-11-24-10-26-27)17-5-3-14(22)7-18(17)23/h3-8,10-13,30H,9H2,1-2H3. The second-order valence-electron chi connectivity index (χ2n) is 7.16. The predicted molar refractivity (Wildman–Crippen MR) is 108 cm³/mol. The Labute approximate surface area is 175 Å². The monoisotopic (exact) mass is 427 g/mol. The Kier molecular flexibility index (Phi) is 5.24. The summed E-state index contributed by atoms with van der Waals surface area (Å²) in [5.74, 6) is -1.26. The molecule has 0 aliphatic heterocycles. The number of ether oxygens (including phenoxy) is 1. The van der Waals surface area contributed by atoms with Crippen LogP contribution in [-0.2, 0) is 12.1 Å². The molecule has 0 aliphatic carbocycles. The minimum atomic E-state index is -1.98. The minimum Gasteiger partial charge on any atom is -0.497 e. The van der Waals surface area contributed by atoms with Crippen LogP contribution in [0, 0.1) is 11.6 Å². The average Bonchev–Trinajstić information content (AvgIpc) is 3.26. The molecule has 0 saturated heterocycles. The van der Waals surface area contributed by atoms with E-state index in [1.165, 1.54) is 35.3 Å². The Balaban J connectivity index is 1.89. The van der Waals surface area contributed by atoms with Crippen molar-refractivity contribution in [3.05, 3.63) is 82.9 Å². The normalized spacial score (nSPS) is 14.4. The average molecular weight is 427 g/mol. The van der Waals surface area contributed by atoms with Crippen LogP contribution >= 0.6 is 0 Å². The van der Waals surface area contributed by atoms with Crippen LogP contribution in [-0.4, -0.2) is 36.5 Å². The number of fused-ring (bicyclic) bond motifs is 1. The fraction of sp³-hybridized carbons (Fsp3) is 0.238. The lowest BCUT2D eigenvalue weighted by atomic mass is 9.86. The number of halogens is 2. The van der Waals surface area contributed by atoms with E-state index in [9.17, 15) is 18.7 Å². The van der Waals surface area contributed by atoms with Gasteiger partial charge in [0.25, 0.3) is 5.56 Å². The van der Waals surface area contributed by atoms with E-state index < -0.39 is 28.8 Å². The molecule has 160 valence electrons. The third-order valence-electron chi connectivity index (χ3n) is 5.37. The Morgan fingerprint density at radius 1 is 1.19 bits per heavy atom. The van der Waals surface area contributed by atoms with Gasteiger partial charge in [0.2, 0.25) is 0 Å². The van der Waals surface area contributed by atoms with E-state index in [1.54, 1.807) is 25.1 Å². The van der Waals surface area contributed by atoms with Gasteiger partial charge >= 0.3 is 0 Å². The molecule has 2 aromatic heterocycles. The van der Waals surface area contributed by atoms with Gasteiger partial charge in [0.15, 0.2) is 0 Å². The number of hydrogen-bond donors (Lipinski definition) is 1. The summed E-state index contributed by atoms with van der Waals surface area (Å²) in [6, 6.07) is 6.74. The van der Waals surface area contributed by atoms with Crippen molar-refractivity contribution >= 4 is 10.9 Å². The van der Waals surface area contributed by atoms with Gasteiger partial charge in [-0.25, -0.2) is 23.4 Å². The van der Waals surface area contributed by atoms with E-state index in [0.717, 1.165) is 12.1 Å². The summed E-state index contributed by atoms with van der Waals surface area (Å²) in [6.07, 6.45) is 3.91. The van der Waals surface area contributed by atoms with Gasteiger partial charge in [0.05, 0.1) is 36.9 Å². The first-order chi connectivity index (χ1) is 14.8. The number of nitrogens with zero attached hydrogens (tertiary/aromatic N) is 5. The molecule has 2 heterocycles. The summed E-state index contributed by atoms with van der Waals surface area (Å²) >= 11 is 0. The van der Waals surface area contributed by atoms with Gasteiger partial charge in [-0.1, -0.05) is 6.07 Å². The molecular weight excluding hydrogens is 408 g/mol. The van der Waals surface area contributed by atoms with Crippen LogP contribution in [0.4, 0.5) is 8.78 Å². The maximum atomic E-state index is 14.7. The van der Waals surface area contributed by atoms with Gasteiger partial charge in [0, 0.05) is 11.6 Å². The highest BCUT2D eigenvalue weighted by molar-refractivity contribution is 5.78. The number of aliphatic hydroxyl groups is 1. The fourth-order valence-electron chi connectivity index (χ4n) is 3.59. The van der Waals surface area contributed by atoms with Gasteiger partial charge in [0.1, 0.15) is 35.6 Å². The van der Waals surface area contributed by atoms with Crippen LogP contribution in [0.25, 0.3) is 10.9 Å². The molecule has 0 spiro atoms. The SMILES string of the molecule is COc1ccc2ncn(C(C)C(O)(Cn3cncn3)c3ccc(F)cc3F)c(=O)c2c1. The summed E-state index contributed by atoms with van der Waals surface area (Å²) in [7, 11) is 1.48. The molecule has 8 nitrogen and oxygen atoms in total. The van der Waals surface area contributed by atoms with Crippen molar-refractivity contribution in [1.82, 2.24) is 24.3 Å². The summed E-state index contributed by atoms with van der Waals surface area (Å²) in [6.45, 7) is 1.31. The molecule has 0 amide bonds. The van der Waals surface area contributed by atoms with Crippen LogP contribution in [0.5, 0.6) is 5.75 Å². The van der Waals surface area contributed by atoms with Crippen LogP contribution in [0.3, 0.4) is 0 Å². The molecule has 2 atom stereocenters.